The lowest BCUT2D eigenvalue weighted by atomic mass is 9.85. The van der Waals surface area contributed by atoms with Gasteiger partial charge in [-0.25, -0.2) is 0 Å². The molecule has 0 saturated heterocycles. The highest BCUT2D eigenvalue weighted by atomic mass is 14.2. The van der Waals surface area contributed by atoms with Crippen molar-refractivity contribution < 1.29 is 0 Å². The Morgan fingerprint density at radius 2 is 1.73 bits per heavy atom. The minimum absolute atomic E-state index is 1.24. The first kappa shape index (κ1) is 10.2. The van der Waals surface area contributed by atoms with Crippen LogP contribution in [-0.4, -0.2) is 0 Å². The Bertz CT molecular complexity index is 170. The van der Waals surface area contributed by atoms with Crippen LogP contribution in [-0.2, 0) is 0 Å². The summed E-state index contributed by atoms with van der Waals surface area (Å²) in [4.78, 5) is 0. The van der Waals surface area contributed by atoms with E-state index in [1.54, 1.807) is 0 Å². The lowest BCUT2D eigenvalue weighted by molar-refractivity contribution is 0.821. The SMILES string of the molecule is C=C/C=C1/CC/C1=C/C.CC. The van der Waals surface area contributed by atoms with E-state index >= 15 is 0 Å². The first-order valence-corrected chi connectivity index (χ1v) is 4.35. The Balaban J connectivity index is 0.000000461. The molecule has 0 aromatic heterocycles. The van der Waals surface area contributed by atoms with E-state index in [0.717, 1.165) is 0 Å². The van der Waals surface area contributed by atoms with Crippen LogP contribution in [0.25, 0.3) is 0 Å². The number of hydrogen-bond donors (Lipinski definition) is 0. The summed E-state index contributed by atoms with van der Waals surface area (Å²) in [6.45, 7) is 9.74. The number of rotatable bonds is 1. The van der Waals surface area contributed by atoms with Crippen molar-refractivity contribution in [2.24, 2.45) is 0 Å². The van der Waals surface area contributed by atoms with Crippen molar-refractivity contribution in [3.63, 3.8) is 0 Å². The monoisotopic (exact) mass is 150 g/mol. The molecule has 0 N–H and O–H groups in total. The largest absolute Gasteiger partial charge is 0.0991 e. The predicted octanol–water partition coefficient (Wildman–Crippen LogP) is 3.87. The second kappa shape index (κ2) is 5.96. The lowest BCUT2D eigenvalue weighted by Crippen LogP contribution is -2.01. The molecule has 1 aliphatic rings. The van der Waals surface area contributed by atoms with Crippen LogP contribution < -0.4 is 0 Å². The lowest BCUT2D eigenvalue weighted by Gasteiger charge is -2.20. The average Bonchev–Trinajstić information content (AvgIpc) is 2.03. The molecule has 1 aliphatic carbocycles. The zero-order valence-electron chi connectivity index (χ0n) is 7.85. The number of hydrogen-bond acceptors (Lipinski definition) is 0. The fourth-order valence-electron chi connectivity index (χ4n) is 1.08. The van der Waals surface area contributed by atoms with Gasteiger partial charge in [-0.3, -0.25) is 0 Å². The molecule has 0 aliphatic heterocycles. The summed E-state index contributed by atoms with van der Waals surface area (Å²) in [5.74, 6) is 0. The Kier molecular flexibility index (Phi) is 5.54. The molecule has 1 fully saturated rings. The molecule has 0 heterocycles. The van der Waals surface area contributed by atoms with Gasteiger partial charge in [-0.1, -0.05) is 38.7 Å². The maximum absolute atomic E-state index is 3.65. The molecule has 0 aromatic carbocycles. The molecule has 0 heteroatoms. The van der Waals surface area contributed by atoms with Gasteiger partial charge in [-0.05, 0) is 30.9 Å². The van der Waals surface area contributed by atoms with Gasteiger partial charge in [0.15, 0.2) is 0 Å². The highest BCUT2D eigenvalue weighted by molar-refractivity contribution is 5.40. The van der Waals surface area contributed by atoms with E-state index in [9.17, 15) is 0 Å². The van der Waals surface area contributed by atoms with E-state index in [1.807, 2.05) is 19.9 Å². The van der Waals surface area contributed by atoms with E-state index in [1.165, 1.54) is 24.0 Å². The second-order valence-corrected chi connectivity index (χ2v) is 2.24. The van der Waals surface area contributed by atoms with Crippen LogP contribution in [0.3, 0.4) is 0 Å². The van der Waals surface area contributed by atoms with E-state index in [-0.39, 0.29) is 0 Å². The fourth-order valence-corrected chi connectivity index (χ4v) is 1.08. The normalized spacial score (nSPS) is 22.1. The molecule has 0 atom stereocenters. The van der Waals surface area contributed by atoms with Gasteiger partial charge >= 0.3 is 0 Å². The predicted molar refractivity (Wildman–Crippen MR) is 52.6 cm³/mol. The zero-order valence-corrected chi connectivity index (χ0v) is 7.85. The van der Waals surface area contributed by atoms with Gasteiger partial charge in [0.2, 0.25) is 0 Å². The van der Waals surface area contributed by atoms with Crippen LogP contribution in [0.4, 0.5) is 0 Å². The summed E-state index contributed by atoms with van der Waals surface area (Å²) in [5.41, 5.74) is 2.96. The van der Waals surface area contributed by atoms with Crippen LogP contribution in [0.5, 0.6) is 0 Å². The third-order valence-electron chi connectivity index (χ3n) is 1.74. The highest BCUT2D eigenvalue weighted by Gasteiger charge is 2.12. The Labute approximate surface area is 70.3 Å². The van der Waals surface area contributed by atoms with E-state index < -0.39 is 0 Å². The van der Waals surface area contributed by atoms with Crippen LogP contribution in [0, 0.1) is 0 Å². The van der Waals surface area contributed by atoms with Crippen molar-refractivity contribution in [2.45, 2.75) is 33.6 Å². The third-order valence-corrected chi connectivity index (χ3v) is 1.74. The van der Waals surface area contributed by atoms with Crippen LogP contribution in [0.15, 0.2) is 36.0 Å². The molecule has 0 nitrogen and oxygen atoms in total. The maximum Gasteiger partial charge on any atom is -0.0236 e. The summed E-state index contributed by atoms with van der Waals surface area (Å²) < 4.78 is 0. The van der Waals surface area contributed by atoms with Crippen LogP contribution >= 0.6 is 0 Å². The summed E-state index contributed by atoms with van der Waals surface area (Å²) in [6, 6.07) is 0. The quantitative estimate of drug-likeness (QED) is 0.532. The molecule has 0 aromatic rings. The summed E-state index contributed by atoms with van der Waals surface area (Å²) in [7, 11) is 0. The van der Waals surface area contributed by atoms with Gasteiger partial charge in [-0.2, -0.15) is 0 Å². The standard InChI is InChI=1S/C9H12.C2H6/c1-3-5-9-7-6-8(9)4-2;1-2/h3-5H,1,6-7H2,2H3;1-2H3/b8-4-,9-5-;. The molecular formula is C11H18. The van der Waals surface area contributed by atoms with Crippen molar-refractivity contribution >= 4 is 0 Å². The van der Waals surface area contributed by atoms with Crippen molar-refractivity contribution in [2.75, 3.05) is 0 Å². The molecule has 0 radical (unpaired) electrons. The molecule has 0 amide bonds. The van der Waals surface area contributed by atoms with Gasteiger partial charge in [-0.15, -0.1) is 0 Å². The van der Waals surface area contributed by atoms with E-state index in [2.05, 4.69) is 25.7 Å². The minimum Gasteiger partial charge on any atom is -0.0991 e. The topological polar surface area (TPSA) is 0 Å². The molecule has 1 saturated carbocycles. The third kappa shape index (κ3) is 2.75. The summed E-state index contributed by atoms with van der Waals surface area (Å²) in [6.07, 6.45) is 8.64. The maximum atomic E-state index is 3.65. The molecule has 0 bridgehead atoms. The highest BCUT2D eigenvalue weighted by Crippen LogP contribution is 2.31. The first-order valence-electron chi connectivity index (χ1n) is 4.35. The molecular weight excluding hydrogens is 132 g/mol. The van der Waals surface area contributed by atoms with E-state index in [0.29, 0.717) is 0 Å². The Hall–Kier alpha value is -0.780. The summed E-state index contributed by atoms with van der Waals surface area (Å²) >= 11 is 0. The van der Waals surface area contributed by atoms with Gasteiger partial charge in [0.1, 0.15) is 0 Å². The fraction of sp³-hybridized carbons (Fsp3) is 0.455. The van der Waals surface area contributed by atoms with Gasteiger partial charge in [0.25, 0.3) is 0 Å². The van der Waals surface area contributed by atoms with Gasteiger partial charge in [0.05, 0.1) is 0 Å². The summed E-state index contributed by atoms with van der Waals surface area (Å²) in [5, 5.41) is 0. The first-order chi connectivity index (χ1) is 5.38. The smallest absolute Gasteiger partial charge is 0.0236 e. The zero-order chi connectivity index (χ0) is 8.69. The molecule has 11 heavy (non-hydrogen) atoms. The van der Waals surface area contributed by atoms with Crippen molar-refractivity contribution in [3.8, 4) is 0 Å². The minimum atomic E-state index is 1.24. The van der Waals surface area contributed by atoms with Crippen LogP contribution in [0.1, 0.15) is 33.6 Å². The van der Waals surface area contributed by atoms with Crippen molar-refractivity contribution in [1.29, 1.82) is 0 Å². The van der Waals surface area contributed by atoms with Crippen LogP contribution in [0.2, 0.25) is 0 Å². The molecule has 62 valence electrons. The van der Waals surface area contributed by atoms with Gasteiger partial charge < -0.3 is 0 Å². The van der Waals surface area contributed by atoms with Crippen molar-refractivity contribution in [1.82, 2.24) is 0 Å². The molecule has 0 spiro atoms. The van der Waals surface area contributed by atoms with E-state index in [4.69, 9.17) is 0 Å². The number of allylic oxidation sites excluding steroid dienone is 5. The molecule has 0 unspecified atom stereocenters. The molecule has 1 rings (SSSR count). The Morgan fingerprint density at radius 1 is 1.18 bits per heavy atom. The van der Waals surface area contributed by atoms with Crippen molar-refractivity contribution in [3.05, 3.63) is 36.0 Å². The second-order valence-electron chi connectivity index (χ2n) is 2.24. The Morgan fingerprint density at radius 3 is 2.00 bits per heavy atom. The van der Waals surface area contributed by atoms with Gasteiger partial charge in [0, 0.05) is 0 Å². The average molecular weight is 150 g/mol.